The van der Waals surface area contributed by atoms with Gasteiger partial charge in [0.1, 0.15) is 11.5 Å². The SMILES string of the molecule is O=C1CC(c2ccccc2)(C2(c3ccccc3)Oc3ccccc3C(=O)C2O)Oc2ccccc21. The van der Waals surface area contributed by atoms with E-state index >= 15 is 0 Å². The minimum atomic E-state index is -1.75. The molecule has 35 heavy (non-hydrogen) atoms. The second-order valence-corrected chi connectivity index (χ2v) is 8.86. The van der Waals surface area contributed by atoms with Crippen LogP contribution in [0.15, 0.2) is 109 Å². The van der Waals surface area contributed by atoms with Gasteiger partial charge in [-0.25, -0.2) is 0 Å². The van der Waals surface area contributed by atoms with Crippen LogP contribution in [-0.2, 0) is 11.2 Å². The minimum absolute atomic E-state index is 0.130. The molecule has 2 heterocycles. The van der Waals surface area contributed by atoms with E-state index in [0.29, 0.717) is 28.2 Å². The molecule has 0 aliphatic carbocycles. The fourth-order valence-electron chi connectivity index (χ4n) is 5.38. The topological polar surface area (TPSA) is 72.8 Å². The zero-order valence-electron chi connectivity index (χ0n) is 18.8. The van der Waals surface area contributed by atoms with Crippen LogP contribution in [0.4, 0.5) is 0 Å². The third kappa shape index (κ3) is 2.98. The Labute approximate surface area is 202 Å². The van der Waals surface area contributed by atoms with E-state index in [1.807, 2.05) is 48.5 Å². The van der Waals surface area contributed by atoms with Gasteiger partial charge in [0.2, 0.25) is 5.60 Å². The van der Waals surface area contributed by atoms with Crippen LogP contribution >= 0.6 is 0 Å². The number of ketones is 2. The number of para-hydroxylation sites is 2. The smallest absolute Gasteiger partial charge is 0.211 e. The zero-order valence-corrected chi connectivity index (χ0v) is 18.8. The molecule has 0 spiro atoms. The molecule has 0 fully saturated rings. The fourth-order valence-corrected chi connectivity index (χ4v) is 5.38. The highest BCUT2D eigenvalue weighted by Crippen LogP contribution is 2.56. The van der Waals surface area contributed by atoms with E-state index in [2.05, 4.69) is 0 Å². The zero-order chi connectivity index (χ0) is 24.0. The molecule has 0 saturated heterocycles. The van der Waals surface area contributed by atoms with Crippen molar-refractivity contribution in [2.75, 3.05) is 0 Å². The number of aliphatic hydroxyl groups is 1. The van der Waals surface area contributed by atoms with Crippen molar-refractivity contribution in [1.82, 2.24) is 0 Å². The highest BCUT2D eigenvalue weighted by molar-refractivity contribution is 6.05. The molecule has 4 aromatic carbocycles. The van der Waals surface area contributed by atoms with E-state index in [0.717, 1.165) is 0 Å². The molecule has 0 amide bonds. The van der Waals surface area contributed by atoms with E-state index in [1.54, 1.807) is 60.7 Å². The number of hydrogen-bond donors (Lipinski definition) is 1. The maximum absolute atomic E-state index is 13.7. The molecular weight excluding hydrogens is 440 g/mol. The monoisotopic (exact) mass is 462 g/mol. The summed E-state index contributed by atoms with van der Waals surface area (Å²) in [6.45, 7) is 0. The quantitative estimate of drug-likeness (QED) is 0.460. The van der Waals surface area contributed by atoms with Gasteiger partial charge in [-0.05, 0) is 24.3 Å². The second-order valence-electron chi connectivity index (χ2n) is 8.86. The van der Waals surface area contributed by atoms with E-state index in [9.17, 15) is 14.7 Å². The maximum atomic E-state index is 13.7. The third-order valence-corrected chi connectivity index (χ3v) is 6.98. The summed E-state index contributed by atoms with van der Waals surface area (Å²) in [5.74, 6) is 0.0657. The van der Waals surface area contributed by atoms with Gasteiger partial charge in [-0.2, -0.15) is 0 Å². The molecule has 172 valence electrons. The molecule has 2 aliphatic heterocycles. The molecule has 0 bridgehead atoms. The van der Waals surface area contributed by atoms with Gasteiger partial charge in [0, 0.05) is 11.1 Å². The normalized spacial score (nSPS) is 25.1. The molecule has 0 saturated carbocycles. The van der Waals surface area contributed by atoms with Gasteiger partial charge >= 0.3 is 0 Å². The minimum Gasteiger partial charge on any atom is -0.477 e. The van der Waals surface area contributed by atoms with Crippen molar-refractivity contribution in [3.8, 4) is 11.5 Å². The number of rotatable bonds is 3. The Morgan fingerprint density at radius 2 is 1.14 bits per heavy atom. The standard InChI is InChI=1S/C30H22O5/c31-24-19-29(20-11-3-1-4-12-20,34-25-17-9-7-15-22(24)25)30(21-13-5-2-6-14-21)28(33)27(32)23-16-8-10-18-26(23)35-30/h1-18,28,33H,19H2. The first-order valence-corrected chi connectivity index (χ1v) is 11.5. The van der Waals surface area contributed by atoms with Gasteiger partial charge in [0.25, 0.3) is 0 Å². The number of ether oxygens (including phenoxy) is 2. The molecular formula is C30H22O5. The highest BCUT2D eigenvalue weighted by Gasteiger charge is 2.67. The summed E-state index contributed by atoms with van der Waals surface area (Å²) in [5.41, 5.74) is -1.38. The summed E-state index contributed by atoms with van der Waals surface area (Å²) >= 11 is 0. The van der Waals surface area contributed by atoms with Crippen LogP contribution in [-0.4, -0.2) is 22.8 Å². The summed E-state index contributed by atoms with van der Waals surface area (Å²) in [4.78, 5) is 27.3. The molecule has 0 radical (unpaired) electrons. The van der Waals surface area contributed by atoms with Crippen molar-refractivity contribution in [2.24, 2.45) is 0 Å². The lowest BCUT2D eigenvalue weighted by Crippen LogP contribution is -2.67. The molecule has 4 aromatic rings. The van der Waals surface area contributed by atoms with Gasteiger partial charge in [0.05, 0.1) is 17.5 Å². The first-order chi connectivity index (χ1) is 17.1. The summed E-state index contributed by atoms with van der Waals surface area (Å²) < 4.78 is 13.4. The van der Waals surface area contributed by atoms with Gasteiger partial charge in [-0.15, -0.1) is 0 Å². The average molecular weight is 463 g/mol. The van der Waals surface area contributed by atoms with Gasteiger partial charge in [-0.3, -0.25) is 9.59 Å². The van der Waals surface area contributed by atoms with Crippen molar-refractivity contribution in [1.29, 1.82) is 0 Å². The van der Waals surface area contributed by atoms with Crippen LogP contribution in [0.1, 0.15) is 38.3 Å². The second kappa shape index (κ2) is 7.93. The number of Topliss-reactive ketones (excluding diaryl/α,β-unsaturated/α-hetero) is 2. The first kappa shape index (κ1) is 21.3. The summed E-state index contributed by atoms with van der Waals surface area (Å²) in [6.07, 6.45) is -1.77. The molecule has 3 unspecified atom stereocenters. The predicted molar refractivity (Wildman–Crippen MR) is 130 cm³/mol. The van der Waals surface area contributed by atoms with Crippen LogP contribution in [0.3, 0.4) is 0 Å². The van der Waals surface area contributed by atoms with Gasteiger partial charge in [0.15, 0.2) is 23.3 Å². The van der Waals surface area contributed by atoms with E-state index in [1.165, 1.54) is 0 Å². The third-order valence-electron chi connectivity index (χ3n) is 6.98. The molecule has 5 nitrogen and oxygen atoms in total. The number of aliphatic hydroxyl groups excluding tert-OH is 1. The van der Waals surface area contributed by atoms with Crippen LogP contribution < -0.4 is 9.47 Å². The van der Waals surface area contributed by atoms with E-state index in [-0.39, 0.29) is 17.8 Å². The molecule has 6 rings (SSSR count). The van der Waals surface area contributed by atoms with Crippen molar-refractivity contribution >= 4 is 11.6 Å². The van der Waals surface area contributed by atoms with Crippen molar-refractivity contribution in [2.45, 2.75) is 23.7 Å². The summed E-state index contributed by atoms with van der Waals surface area (Å²) in [7, 11) is 0. The summed E-state index contributed by atoms with van der Waals surface area (Å²) in [6, 6.07) is 32.2. The Kier molecular flexibility index (Phi) is 4.83. The number of benzene rings is 4. The van der Waals surface area contributed by atoms with Crippen molar-refractivity contribution < 1.29 is 24.2 Å². The number of hydrogen-bond acceptors (Lipinski definition) is 5. The molecule has 0 aromatic heterocycles. The molecule has 5 heteroatoms. The Balaban J connectivity index is 1.71. The Hall–Kier alpha value is -4.22. The van der Waals surface area contributed by atoms with Gasteiger partial charge in [-0.1, -0.05) is 84.9 Å². The van der Waals surface area contributed by atoms with Crippen LogP contribution in [0, 0.1) is 0 Å². The maximum Gasteiger partial charge on any atom is 0.211 e. The van der Waals surface area contributed by atoms with Gasteiger partial charge < -0.3 is 14.6 Å². The fraction of sp³-hybridized carbons (Fsp3) is 0.133. The number of carbonyl (C=O) groups is 2. The van der Waals surface area contributed by atoms with Crippen LogP contribution in [0.25, 0.3) is 0 Å². The largest absolute Gasteiger partial charge is 0.477 e. The lowest BCUT2D eigenvalue weighted by atomic mass is 9.64. The van der Waals surface area contributed by atoms with Crippen molar-refractivity contribution in [3.05, 3.63) is 131 Å². The molecule has 2 aliphatic rings. The Morgan fingerprint density at radius 3 is 1.80 bits per heavy atom. The Morgan fingerprint density at radius 1 is 0.629 bits per heavy atom. The highest BCUT2D eigenvalue weighted by atomic mass is 16.6. The number of fused-ring (bicyclic) bond motifs is 2. The first-order valence-electron chi connectivity index (χ1n) is 11.5. The predicted octanol–water partition coefficient (Wildman–Crippen LogP) is 5.08. The van der Waals surface area contributed by atoms with Crippen LogP contribution in [0.2, 0.25) is 0 Å². The Bertz CT molecular complexity index is 1430. The average Bonchev–Trinajstić information content (AvgIpc) is 2.91. The lowest BCUT2D eigenvalue weighted by molar-refractivity contribution is -0.180. The summed E-state index contributed by atoms with van der Waals surface area (Å²) in [5, 5.41) is 11.8. The van der Waals surface area contributed by atoms with Crippen LogP contribution in [0.5, 0.6) is 11.5 Å². The van der Waals surface area contributed by atoms with E-state index in [4.69, 9.17) is 9.47 Å². The number of carbonyl (C=O) groups excluding carboxylic acids is 2. The van der Waals surface area contributed by atoms with Crippen molar-refractivity contribution in [3.63, 3.8) is 0 Å². The molecule has 3 atom stereocenters. The van der Waals surface area contributed by atoms with E-state index < -0.39 is 23.1 Å². The molecule has 1 N–H and O–H groups in total. The lowest BCUT2D eigenvalue weighted by Gasteiger charge is -2.54.